The Morgan fingerprint density at radius 1 is 0.906 bits per heavy atom. The van der Waals surface area contributed by atoms with Gasteiger partial charge in [0.2, 0.25) is 0 Å². The maximum atomic E-state index is 12.7. The van der Waals surface area contributed by atoms with Crippen LogP contribution in [0.3, 0.4) is 0 Å². The molecule has 9 heteroatoms. The van der Waals surface area contributed by atoms with Crippen LogP contribution >= 0.6 is 11.3 Å². The maximum absolute atomic E-state index is 12.7. The van der Waals surface area contributed by atoms with Gasteiger partial charge in [0.1, 0.15) is 5.00 Å². The zero-order chi connectivity index (χ0) is 22.7. The van der Waals surface area contributed by atoms with Gasteiger partial charge in [-0.15, -0.1) is 11.3 Å². The number of esters is 1. The van der Waals surface area contributed by atoms with Crippen LogP contribution in [0.2, 0.25) is 0 Å². The number of nitrogens with zero attached hydrogens (tertiary/aromatic N) is 2. The average Bonchev–Trinajstić information content (AvgIpc) is 3.26. The quantitative estimate of drug-likeness (QED) is 0.700. The fourth-order valence-electron chi connectivity index (χ4n) is 3.92. The first-order chi connectivity index (χ1) is 15.5. The Kier molecular flexibility index (Phi) is 6.55. The highest BCUT2D eigenvalue weighted by Crippen LogP contribution is 2.28. The molecule has 4 rings (SSSR count). The van der Waals surface area contributed by atoms with Gasteiger partial charge in [0, 0.05) is 37.3 Å². The molecule has 0 unspecified atom stereocenters. The van der Waals surface area contributed by atoms with Crippen LogP contribution in [0.5, 0.6) is 0 Å². The molecule has 2 aliphatic rings. The van der Waals surface area contributed by atoms with Crippen LogP contribution in [0.1, 0.15) is 50.3 Å². The van der Waals surface area contributed by atoms with E-state index >= 15 is 0 Å². The van der Waals surface area contributed by atoms with E-state index in [0.717, 1.165) is 32.4 Å². The minimum atomic E-state index is -0.352. The Bertz CT molecular complexity index is 1020. The van der Waals surface area contributed by atoms with Crippen molar-refractivity contribution in [3.05, 3.63) is 52.4 Å². The number of amides is 3. The lowest BCUT2D eigenvalue weighted by Crippen LogP contribution is -2.53. The van der Waals surface area contributed by atoms with E-state index in [1.54, 1.807) is 40.6 Å². The standard InChI is InChI=1S/C23H25N3O5S/c1-31-23(30)17-13-26(14-17)22(29)18-9-12-32-20(18)24-19(27)15-5-7-16(8-6-15)21(28)25-10-3-2-4-11-25/h5-9,12,17H,2-4,10-11,13-14H2,1H3,(H,24,27). The predicted octanol–water partition coefficient (Wildman–Crippen LogP) is 2.87. The molecule has 0 aliphatic carbocycles. The summed E-state index contributed by atoms with van der Waals surface area (Å²) >= 11 is 1.26. The fraction of sp³-hybridized carbons (Fsp3) is 0.391. The van der Waals surface area contributed by atoms with Gasteiger partial charge in [-0.25, -0.2) is 0 Å². The number of carbonyl (C=O) groups excluding carboxylic acids is 4. The Morgan fingerprint density at radius 2 is 1.56 bits per heavy atom. The minimum absolute atomic E-state index is 0.0115. The number of benzene rings is 1. The van der Waals surface area contributed by atoms with Crippen LogP contribution in [0, 0.1) is 5.92 Å². The summed E-state index contributed by atoms with van der Waals surface area (Å²) in [5.41, 5.74) is 1.36. The van der Waals surface area contributed by atoms with Gasteiger partial charge in [0.05, 0.1) is 18.6 Å². The van der Waals surface area contributed by atoms with Crippen molar-refractivity contribution in [1.29, 1.82) is 0 Å². The minimum Gasteiger partial charge on any atom is -0.469 e. The number of hydrogen-bond donors (Lipinski definition) is 1. The maximum Gasteiger partial charge on any atom is 0.312 e. The molecule has 2 aliphatic heterocycles. The summed E-state index contributed by atoms with van der Waals surface area (Å²) < 4.78 is 4.70. The smallest absolute Gasteiger partial charge is 0.312 e. The first-order valence-electron chi connectivity index (χ1n) is 10.6. The van der Waals surface area contributed by atoms with Crippen LogP contribution < -0.4 is 5.32 Å². The van der Waals surface area contributed by atoms with Gasteiger partial charge in [0.25, 0.3) is 17.7 Å². The number of hydrogen-bond acceptors (Lipinski definition) is 6. The molecule has 0 radical (unpaired) electrons. The van der Waals surface area contributed by atoms with Crippen LogP contribution in [-0.4, -0.2) is 66.8 Å². The molecule has 3 heterocycles. The highest BCUT2D eigenvalue weighted by Gasteiger charge is 2.37. The molecule has 1 aromatic heterocycles. The second-order valence-electron chi connectivity index (χ2n) is 7.98. The SMILES string of the molecule is COC(=O)C1CN(C(=O)c2ccsc2NC(=O)c2ccc(C(=O)N3CCCCC3)cc2)C1. The Labute approximate surface area is 190 Å². The zero-order valence-electron chi connectivity index (χ0n) is 17.8. The van der Waals surface area contributed by atoms with Crippen molar-refractivity contribution in [3.8, 4) is 0 Å². The third-order valence-electron chi connectivity index (χ3n) is 5.86. The summed E-state index contributed by atoms with van der Waals surface area (Å²) in [6.07, 6.45) is 3.20. The third kappa shape index (κ3) is 4.52. The lowest BCUT2D eigenvalue weighted by Gasteiger charge is -2.37. The van der Waals surface area contributed by atoms with E-state index in [9.17, 15) is 19.2 Å². The molecule has 2 fully saturated rings. The van der Waals surface area contributed by atoms with Crippen molar-refractivity contribution in [1.82, 2.24) is 9.80 Å². The van der Waals surface area contributed by atoms with Crippen molar-refractivity contribution in [2.45, 2.75) is 19.3 Å². The summed E-state index contributed by atoms with van der Waals surface area (Å²) in [7, 11) is 1.33. The van der Waals surface area contributed by atoms with Crippen LogP contribution in [0.25, 0.3) is 0 Å². The van der Waals surface area contributed by atoms with Gasteiger partial charge in [-0.3, -0.25) is 19.2 Å². The van der Waals surface area contributed by atoms with Gasteiger partial charge in [-0.2, -0.15) is 0 Å². The van der Waals surface area contributed by atoms with Gasteiger partial charge in [-0.05, 0) is 55.0 Å². The number of rotatable bonds is 5. The molecule has 0 atom stereocenters. The molecule has 1 aromatic carbocycles. The molecule has 2 aromatic rings. The van der Waals surface area contributed by atoms with Crippen LogP contribution in [0.15, 0.2) is 35.7 Å². The first-order valence-corrected chi connectivity index (χ1v) is 11.5. The Balaban J connectivity index is 1.38. The monoisotopic (exact) mass is 455 g/mol. The Morgan fingerprint density at radius 3 is 2.22 bits per heavy atom. The number of thiophene rings is 1. The van der Waals surface area contributed by atoms with Crippen molar-refractivity contribution < 1.29 is 23.9 Å². The topological polar surface area (TPSA) is 96.0 Å². The van der Waals surface area contributed by atoms with Gasteiger partial charge in [0.15, 0.2) is 0 Å². The highest BCUT2D eigenvalue weighted by molar-refractivity contribution is 7.14. The van der Waals surface area contributed by atoms with Crippen molar-refractivity contribution >= 4 is 40.0 Å². The van der Waals surface area contributed by atoms with Gasteiger partial charge in [-0.1, -0.05) is 0 Å². The fourth-order valence-corrected chi connectivity index (χ4v) is 4.70. The summed E-state index contributed by atoms with van der Waals surface area (Å²) in [5.74, 6) is -1.22. The molecule has 1 N–H and O–H groups in total. The van der Waals surface area contributed by atoms with Crippen molar-refractivity contribution in [3.63, 3.8) is 0 Å². The normalized spacial score (nSPS) is 16.3. The molecule has 8 nitrogen and oxygen atoms in total. The molecule has 3 amide bonds. The summed E-state index contributed by atoms with van der Waals surface area (Å²) in [6.45, 7) is 2.16. The van der Waals surface area contributed by atoms with Gasteiger partial charge >= 0.3 is 5.97 Å². The molecule has 0 spiro atoms. The molecule has 168 valence electrons. The number of nitrogens with one attached hydrogen (secondary N) is 1. The second kappa shape index (κ2) is 9.52. The predicted molar refractivity (Wildman–Crippen MR) is 120 cm³/mol. The molecule has 2 saturated heterocycles. The molecule has 32 heavy (non-hydrogen) atoms. The molecule has 0 saturated carbocycles. The number of carbonyl (C=O) groups is 4. The molecule has 0 bridgehead atoms. The van der Waals surface area contributed by atoms with E-state index in [2.05, 4.69) is 5.32 Å². The van der Waals surface area contributed by atoms with E-state index in [0.29, 0.717) is 34.8 Å². The first kappa shape index (κ1) is 22.0. The highest BCUT2D eigenvalue weighted by atomic mass is 32.1. The van der Waals surface area contributed by atoms with E-state index < -0.39 is 0 Å². The van der Waals surface area contributed by atoms with E-state index in [-0.39, 0.29) is 29.6 Å². The number of piperidine rings is 1. The lowest BCUT2D eigenvalue weighted by molar-refractivity contribution is -0.149. The van der Waals surface area contributed by atoms with Crippen molar-refractivity contribution in [2.24, 2.45) is 5.92 Å². The average molecular weight is 456 g/mol. The van der Waals surface area contributed by atoms with E-state index in [1.807, 2.05) is 4.90 Å². The molecular formula is C23H25N3O5S. The molecular weight excluding hydrogens is 430 g/mol. The zero-order valence-corrected chi connectivity index (χ0v) is 18.7. The number of ether oxygens (including phenoxy) is 1. The van der Waals surface area contributed by atoms with Crippen LogP contribution in [-0.2, 0) is 9.53 Å². The number of likely N-dealkylation sites (tertiary alicyclic amines) is 2. The largest absolute Gasteiger partial charge is 0.469 e. The second-order valence-corrected chi connectivity index (χ2v) is 8.89. The number of methoxy groups -OCH3 is 1. The summed E-state index contributed by atoms with van der Waals surface area (Å²) in [5, 5.41) is 4.98. The summed E-state index contributed by atoms with van der Waals surface area (Å²) in [4.78, 5) is 53.0. The van der Waals surface area contributed by atoms with Gasteiger partial charge < -0.3 is 19.9 Å². The van der Waals surface area contributed by atoms with Crippen molar-refractivity contribution in [2.75, 3.05) is 38.6 Å². The van der Waals surface area contributed by atoms with E-state index in [1.165, 1.54) is 18.4 Å². The third-order valence-corrected chi connectivity index (χ3v) is 6.69. The summed E-state index contributed by atoms with van der Waals surface area (Å²) in [6, 6.07) is 8.24. The number of anilines is 1. The van der Waals surface area contributed by atoms with Crippen LogP contribution in [0.4, 0.5) is 5.00 Å². The van der Waals surface area contributed by atoms with E-state index in [4.69, 9.17) is 4.74 Å². The lowest BCUT2D eigenvalue weighted by atomic mass is 9.99. The Hall–Kier alpha value is -3.20.